The van der Waals surface area contributed by atoms with E-state index in [0.717, 1.165) is 35.7 Å². The Morgan fingerprint density at radius 1 is 0.923 bits per heavy atom. The van der Waals surface area contributed by atoms with E-state index in [0.29, 0.717) is 11.7 Å². The van der Waals surface area contributed by atoms with Crippen molar-refractivity contribution >= 4 is 5.82 Å². The summed E-state index contributed by atoms with van der Waals surface area (Å²) in [6.07, 6.45) is 2.47. The van der Waals surface area contributed by atoms with Gasteiger partial charge in [0, 0.05) is 24.2 Å². The molecule has 2 aromatic carbocycles. The molecule has 1 aliphatic heterocycles. The summed E-state index contributed by atoms with van der Waals surface area (Å²) in [4.78, 5) is 7.33. The molecule has 0 aliphatic carbocycles. The lowest BCUT2D eigenvalue weighted by atomic mass is 9.99. The summed E-state index contributed by atoms with van der Waals surface area (Å²) in [6.45, 7) is 6.45. The summed E-state index contributed by atoms with van der Waals surface area (Å²) in [6, 6.07) is 18.5. The normalized spacial score (nSPS) is 17.3. The smallest absolute Gasteiger partial charge is 0.183 e. The van der Waals surface area contributed by atoms with Crippen molar-refractivity contribution in [2.75, 3.05) is 18.0 Å². The van der Waals surface area contributed by atoms with Gasteiger partial charge in [-0.2, -0.15) is 0 Å². The van der Waals surface area contributed by atoms with Gasteiger partial charge >= 0.3 is 0 Å². The second kappa shape index (κ2) is 7.24. The molecular weight excluding hydrogens is 320 g/mol. The molecule has 1 saturated heterocycles. The zero-order valence-electron chi connectivity index (χ0n) is 15.4. The van der Waals surface area contributed by atoms with Crippen molar-refractivity contribution in [3.8, 4) is 22.6 Å². The Hall–Kier alpha value is -2.75. The lowest BCUT2D eigenvalue weighted by Gasteiger charge is -2.32. The first-order chi connectivity index (χ1) is 12.7. The number of nitrogens with zero attached hydrogens (tertiary/aromatic N) is 4. The van der Waals surface area contributed by atoms with Gasteiger partial charge in [0.15, 0.2) is 11.6 Å². The Balaban J connectivity index is 1.81. The van der Waals surface area contributed by atoms with Crippen LogP contribution in [0.3, 0.4) is 0 Å². The molecule has 132 valence electrons. The van der Waals surface area contributed by atoms with Gasteiger partial charge in [-0.25, -0.2) is 4.98 Å². The number of rotatable bonds is 3. The molecule has 0 saturated carbocycles. The zero-order valence-corrected chi connectivity index (χ0v) is 15.4. The minimum absolute atomic E-state index is 0.671. The summed E-state index contributed by atoms with van der Waals surface area (Å²) in [5.74, 6) is 2.31. The summed E-state index contributed by atoms with van der Waals surface area (Å²) < 4.78 is 0. The highest BCUT2D eigenvalue weighted by atomic mass is 15.3. The second-order valence-electron chi connectivity index (χ2n) is 7.23. The Morgan fingerprint density at radius 3 is 2.42 bits per heavy atom. The van der Waals surface area contributed by atoms with Crippen molar-refractivity contribution in [3.63, 3.8) is 0 Å². The molecule has 26 heavy (non-hydrogen) atoms. The van der Waals surface area contributed by atoms with E-state index in [-0.39, 0.29) is 0 Å². The average molecular weight is 344 g/mol. The molecular formula is C22H24N4. The fourth-order valence-corrected chi connectivity index (χ4v) is 3.53. The number of piperidine rings is 1. The van der Waals surface area contributed by atoms with Crippen LogP contribution in [0.1, 0.15) is 25.3 Å². The molecule has 0 N–H and O–H groups in total. The molecule has 2 heterocycles. The lowest BCUT2D eigenvalue weighted by Crippen LogP contribution is -2.35. The predicted molar refractivity (Wildman–Crippen MR) is 106 cm³/mol. The van der Waals surface area contributed by atoms with Crippen molar-refractivity contribution in [2.24, 2.45) is 5.92 Å². The summed E-state index contributed by atoms with van der Waals surface area (Å²) in [7, 11) is 0. The van der Waals surface area contributed by atoms with Crippen molar-refractivity contribution in [1.29, 1.82) is 0 Å². The Morgan fingerprint density at radius 2 is 1.69 bits per heavy atom. The van der Waals surface area contributed by atoms with Crippen molar-refractivity contribution in [3.05, 3.63) is 60.2 Å². The number of benzene rings is 2. The van der Waals surface area contributed by atoms with Crippen molar-refractivity contribution in [2.45, 2.75) is 26.7 Å². The monoisotopic (exact) mass is 344 g/mol. The first-order valence-electron chi connectivity index (χ1n) is 9.33. The van der Waals surface area contributed by atoms with E-state index in [1.54, 1.807) is 0 Å². The fourth-order valence-electron chi connectivity index (χ4n) is 3.53. The highest BCUT2D eigenvalue weighted by Crippen LogP contribution is 2.31. The van der Waals surface area contributed by atoms with Crippen LogP contribution in [0.25, 0.3) is 22.6 Å². The van der Waals surface area contributed by atoms with Gasteiger partial charge in [0.2, 0.25) is 0 Å². The molecule has 1 fully saturated rings. The second-order valence-corrected chi connectivity index (χ2v) is 7.23. The Labute approximate surface area is 154 Å². The van der Waals surface area contributed by atoms with Crippen LogP contribution in [-0.4, -0.2) is 28.3 Å². The maximum atomic E-state index is 4.95. The molecule has 4 nitrogen and oxygen atoms in total. The van der Waals surface area contributed by atoms with Crippen molar-refractivity contribution < 1.29 is 0 Å². The number of hydrogen-bond donors (Lipinski definition) is 0. The van der Waals surface area contributed by atoms with E-state index in [1.807, 2.05) is 30.3 Å². The van der Waals surface area contributed by atoms with E-state index >= 15 is 0 Å². The third-order valence-electron chi connectivity index (χ3n) is 4.98. The summed E-state index contributed by atoms with van der Waals surface area (Å²) in [5.41, 5.74) is 4.19. The van der Waals surface area contributed by atoms with Crippen molar-refractivity contribution in [1.82, 2.24) is 15.2 Å². The standard InChI is InChI=1S/C22H24N4/c1-16-10-12-18(13-11-16)20-22(26-14-6-7-17(2)15-26)23-21(25-24-20)19-8-4-3-5-9-19/h3-5,8-13,17H,6-7,14-15H2,1-2H3. The average Bonchev–Trinajstić information content (AvgIpc) is 2.69. The summed E-state index contributed by atoms with van der Waals surface area (Å²) in [5, 5.41) is 9.04. The number of anilines is 1. The molecule has 1 aromatic heterocycles. The van der Waals surface area contributed by atoms with Gasteiger partial charge < -0.3 is 4.90 Å². The third-order valence-corrected chi connectivity index (χ3v) is 4.98. The predicted octanol–water partition coefficient (Wildman–Crippen LogP) is 4.75. The maximum absolute atomic E-state index is 4.95. The zero-order chi connectivity index (χ0) is 17.9. The first-order valence-corrected chi connectivity index (χ1v) is 9.33. The number of hydrogen-bond acceptors (Lipinski definition) is 4. The highest BCUT2D eigenvalue weighted by Gasteiger charge is 2.23. The third kappa shape index (κ3) is 3.45. The molecule has 1 atom stereocenters. The Kier molecular flexibility index (Phi) is 4.65. The molecule has 0 bridgehead atoms. The first kappa shape index (κ1) is 16.7. The van der Waals surface area contributed by atoms with E-state index < -0.39 is 0 Å². The quantitative estimate of drug-likeness (QED) is 0.687. The van der Waals surface area contributed by atoms with Crippen LogP contribution in [0, 0.1) is 12.8 Å². The fraction of sp³-hybridized carbons (Fsp3) is 0.318. The Bertz CT molecular complexity index is 874. The molecule has 4 rings (SSSR count). The SMILES string of the molecule is Cc1ccc(-c2nnc(-c3ccccc3)nc2N2CCCC(C)C2)cc1. The molecule has 0 radical (unpaired) electrons. The maximum Gasteiger partial charge on any atom is 0.183 e. The lowest BCUT2D eigenvalue weighted by molar-refractivity contribution is 0.444. The van der Waals surface area contributed by atoms with E-state index in [9.17, 15) is 0 Å². The molecule has 1 aliphatic rings. The van der Waals surface area contributed by atoms with Gasteiger partial charge in [0.1, 0.15) is 5.69 Å². The number of aromatic nitrogens is 3. The molecule has 1 unspecified atom stereocenters. The van der Waals surface area contributed by atoms with Crippen LogP contribution >= 0.6 is 0 Å². The van der Waals surface area contributed by atoms with Crippen LogP contribution in [0.4, 0.5) is 5.82 Å². The highest BCUT2D eigenvalue weighted by molar-refractivity contribution is 5.73. The molecule has 0 amide bonds. The van der Waals surface area contributed by atoms with Crippen LogP contribution < -0.4 is 4.90 Å². The van der Waals surface area contributed by atoms with Crippen LogP contribution in [0.15, 0.2) is 54.6 Å². The molecule has 4 heteroatoms. The van der Waals surface area contributed by atoms with Gasteiger partial charge in [0.05, 0.1) is 0 Å². The van der Waals surface area contributed by atoms with E-state index in [2.05, 4.69) is 53.2 Å². The minimum atomic E-state index is 0.671. The van der Waals surface area contributed by atoms with Gasteiger partial charge in [-0.15, -0.1) is 10.2 Å². The molecule has 3 aromatic rings. The van der Waals surface area contributed by atoms with E-state index in [1.165, 1.54) is 18.4 Å². The number of aryl methyl sites for hydroxylation is 1. The minimum Gasteiger partial charge on any atom is -0.354 e. The van der Waals surface area contributed by atoms with Gasteiger partial charge in [-0.05, 0) is 25.7 Å². The largest absolute Gasteiger partial charge is 0.354 e. The topological polar surface area (TPSA) is 41.9 Å². The molecule has 0 spiro atoms. The van der Waals surface area contributed by atoms with Gasteiger partial charge in [-0.1, -0.05) is 67.1 Å². The van der Waals surface area contributed by atoms with Crippen LogP contribution in [-0.2, 0) is 0 Å². The van der Waals surface area contributed by atoms with Gasteiger partial charge in [0.25, 0.3) is 0 Å². The van der Waals surface area contributed by atoms with Crippen LogP contribution in [0.2, 0.25) is 0 Å². The van der Waals surface area contributed by atoms with Crippen LogP contribution in [0.5, 0.6) is 0 Å². The summed E-state index contributed by atoms with van der Waals surface area (Å²) >= 11 is 0. The van der Waals surface area contributed by atoms with Gasteiger partial charge in [-0.3, -0.25) is 0 Å². The van der Waals surface area contributed by atoms with E-state index in [4.69, 9.17) is 4.98 Å².